The zero-order valence-corrected chi connectivity index (χ0v) is 21.0. The van der Waals surface area contributed by atoms with Gasteiger partial charge in [0.05, 0.1) is 12.2 Å². The van der Waals surface area contributed by atoms with Gasteiger partial charge in [0.15, 0.2) is 0 Å². The number of hydrogen-bond acceptors (Lipinski definition) is 5. The van der Waals surface area contributed by atoms with E-state index in [1.165, 1.54) is 16.4 Å². The molecule has 2 aromatic rings. The van der Waals surface area contributed by atoms with Gasteiger partial charge in [0.2, 0.25) is 5.79 Å². The smallest absolute Gasteiger partial charge is 0.333 e. The fourth-order valence-corrected chi connectivity index (χ4v) is 9.81. The summed E-state index contributed by atoms with van der Waals surface area (Å²) in [6.07, 6.45) is 4.91. The minimum absolute atomic E-state index is 0.129. The molecule has 4 rings (SSSR count). The van der Waals surface area contributed by atoms with Crippen LogP contribution in [0.3, 0.4) is 0 Å². The van der Waals surface area contributed by atoms with Crippen molar-refractivity contribution in [2.45, 2.75) is 63.1 Å². The van der Waals surface area contributed by atoms with Crippen molar-refractivity contribution >= 4 is 24.7 Å². The highest BCUT2D eigenvalue weighted by Crippen LogP contribution is 2.40. The first-order valence-corrected chi connectivity index (χ1v) is 13.6. The largest absolute Gasteiger partial charge is 0.426 e. The van der Waals surface area contributed by atoms with Crippen molar-refractivity contribution in [1.29, 1.82) is 0 Å². The van der Waals surface area contributed by atoms with Gasteiger partial charge in [0.1, 0.15) is 0 Å². The van der Waals surface area contributed by atoms with Gasteiger partial charge in [-0.15, -0.1) is 0 Å². The number of ether oxygens (including phenoxy) is 3. The lowest BCUT2D eigenvalue weighted by Gasteiger charge is -2.47. The fraction of sp³-hybridized carbons (Fsp3) is 0.444. The van der Waals surface area contributed by atoms with E-state index >= 15 is 0 Å². The van der Waals surface area contributed by atoms with E-state index in [-0.39, 0.29) is 17.2 Å². The van der Waals surface area contributed by atoms with Gasteiger partial charge in [-0.05, 0) is 34.3 Å². The Balaban J connectivity index is 1.75. The molecule has 2 aliphatic heterocycles. The predicted octanol–water partition coefficient (Wildman–Crippen LogP) is 3.96. The number of hydrogen-bond donors (Lipinski definition) is 0. The second kappa shape index (κ2) is 9.55. The molecular formula is C27H34O5Si. The fourth-order valence-electron chi connectivity index (χ4n) is 5.07. The Morgan fingerprint density at radius 3 is 2.12 bits per heavy atom. The molecule has 0 aromatic heterocycles. The molecule has 0 spiro atoms. The summed E-state index contributed by atoms with van der Waals surface area (Å²) in [5.41, 5.74) is 0. The molecule has 3 atom stereocenters. The molecule has 1 unspecified atom stereocenters. The summed E-state index contributed by atoms with van der Waals surface area (Å²) in [5, 5.41) is 2.35. The normalized spacial score (nSPS) is 25.8. The number of carbonyl (C=O) groups excluding carboxylic acids is 1. The predicted molar refractivity (Wildman–Crippen MR) is 131 cm³/mol. The summed E-state index contributed by atoms with van der Waals surface area (Å²) in [6, 6.07) is 21.2. The molecule has 0 saturated carbocycles. The van der Waals surface area contributed by atoms with E-state index in [9.17, 15) is 4.79 Å². The number of esters is 1. The monoisotopic (exact) mass is 466 g/mol. The number of rotatable bonds is 7. The second-order valence-corrected chi connectivity index (χ2v) is 14.1. The Kier molecular flexibility index (Phi) is 6.91. The maximum atomic E-state index is 11.8. The summed E-state index contributed by atoms with van der Waals surface area (Å²) in [6.45, 7) is 7.48. The molecule has 2 heterocycles. The van der Waals surface area contributed by atoms with Crippen LogP contribution in [0.1, 0.15) is 40.0 Å². The third-order valence-electron chi connectivity index (χ3n) is 6.70. The van der Waals surface area contributed by atoms with Crippen LogP contribution in [0.15, 0.2) is 72.8 Å². The average molecular weight is 467 g/mol. The van der Waals surface area contributed by atoms with Crippen molar-refractivity contribution in [3.05, 3.63) is 72.8 Å². The highest BCUT2D eigenvalue weighted by Gasteiger charge is 2.53. The van der Waals surface area contributed by atoms with Gasteiger partial charge in [0.25, 0.3) is 8.32 Å². The first kappa shape index (κ1) is 23.9. The van der Waals surface area contributed by atoms with Crippen LogP contribution < -0.4 is 10.4 Å². The van der Waals surface area contributed by atoms with Gasteiger partial charge >= 0.3 is 5.97 Å². The average Bonchev–Trinajstić information content (AvgIpc) is 3.19. The van der Waals surface area contributed by atoms with Crippen LogP contribution in [0.5, 0.6) is 0 Å². The van der Waals surface area contributed by atoms with Gasteiger partial charge in [-0.3, -0.25) is 0 Å². The molecule has 2 aromatic carbocycles. The molecule has 33 heavy (non-hydrogen) atoms. The third-order valence-corrected chi connectivity index (χ3v) is 11.8. The maximum Gasteiger partial charge on any atom is 0.333 e. The van der Waals surface area contributed by atoms with Gasteiger partial charge < -0.3 is 18.6 Å². The minimum atomic E-state index is -2.73. The van der Waals surface area contributed by atoms with Crippen LogP contribution in [-0.4, -0.2) is 46.0 Å². The number of cyclic esters (lactones) is 1. The van der Waals surface area contributed by atoms with Gasteiger partial charge in [-0.2, -0.15) is 0 Å². The van der Waals surface area contributed by atoms with Crippen molar-refractivity contribution in [3.8, 4) is 0 Å². The summed E-state index contributed by atoms with van der Waals surface area (Å²) < 4.78 is 24.7. The molecule has 0 aliphatic carbocycles. The van der Waals surface area contributed by atoms with E-state index in [0.717, 1.165) is 12.8 Å². The quantitative estimate of drug-likeness (QED) is 0.457. The van der Waals surface area contributed by atoms with Crippen LogP contribution in [0.2, 0.25) is 5.04 Å². The summed E-state index contributed by atoms with van der Waals surface area (Å²) in [4.78, 5) is 11.8. The Bertz CT molecular complexity index is 930. The molecule has 0 radical (unpaired) electrons. The van der Waals surface area contributed by atoms with E-state index in [4.69, 9.17) is 18.6 Å². The Labute approximate surface area is 197 Å². The van der Waals surface area contributed by atoms with Crippen LogP contribution in [0.4, 0.5) is 0 Å². The molecule has 0 amide bonds. The van der Waals surface area contributed by atoms with E-state index < -0.39 is 20.1 Å². The molecule has 6 heteroatoms. The van der Waals surface area contributed by atoms with Crippen molar-refractivity contribution in [1.82, 2.24) is 0 Å². The SMILES string of the molecule is COC1(C[C@H]2OCCC[C@@H]2O[Si](c2ccccc2)(c2ccccc2)C(C)(C)C)C=CC(=O)O1. The van der Waals surface area contributed by atoms with Crippen LogP contribution in [0.25, 0.3) is 0 Å². The standard InChI is InChI=1S/C27H34O5Si/c1-26(2,3)33(21-12-7-5-8-13-21,22-14-9-6-10-15-22)32-23-16-11-19-30-24(23)20-27(29-4)18-17-25(28)31-27/h5-10,12-15,17-18,23-24H,11,16,19-20H2,1-4H3/t23-,24+,27?/m0/s1. The van der Waals surface area contributed by atoms with Crippen LogP contribution in [0, 0.1) is 0 Å². The molecular weight excluding hydrogens is 432 g/mol. The minimum Gasteiger partial charge on any atom is -0.426 e. The van der Waals surface area contributed by atoms with E-state index in [1.54, 1.807) is 13.2 Å². The highest BCUT2D eigenvalue weighted by molar-refractivity contribution is 6.99. The van der Waals surface area contributed by atoms with Gasteiger partial charge in [-0.1, -0.05) is 81.4 Å². The zero-order chi connectivity index (χ0) is 23.5. The first-order chi connectivity index (χ1) is 15.8. The summed E-state index contributed by atoms with van der Waals surface area (Å²) in [7, 11) is -1.17. The highest BCUT2D eigenvalue weighted by atomic mass is 28.4. The second-order valence-electron chi connectivity index (χ2n) is 9.85. The third kappa shape index (κ3) is 4.71. The number of benzene rings is 2. The lowest BCUT2D eigenvalue weighted by Crippen LogP contribution is -2.69. The Hall–Kier alpha value is -2.25. The molecule has 0 N–H and O–H groups in total. The molecule has 176 valence electrons. The van der Waals surface area contributed by atoms with Crippen molar-refractivity contribution < 1.29 is 23.4 Å². The van der Waals surface area contributed by atoms with E-state index in [2.05, 4.69) is 69.3 Å². The molecule has 1 fully saturated rings. The van der Waals surface area contributed by atoms with Crippen molar-refractivity contribution in [2.75, 3.05) is 13.7 Å². The summed E-state index contributed by atoms with van der Waals surface area (Å²) in [5.74, 6) is -1.50. The first-order valence-electron chi connectivity index (χ1n) is 11.7. The molecule has 5 nitrogen and oxygen atoms in total. The Morgan fingerprint density at radius 2 is 1.64 bits per heavy atom. The lowest BCUT2D eigenvalue weighted by molar-refractivity contribution is -0.208. The zero-order valence-electron chi connectivity index (χ0n) is 20.0. The van der Waals surface area contributed by atoms with Gasteiger partial charge in [-0.25, -0.2) is 4.79 Å². The number of carbonyl (C=O) groups is 1. The molecule has 1 saturated heterocycles. The van der Waals surface area contributed by atoms with E-state index in [0.29, 0.717) is 13.0 Å². The van der Waals surface area contributed by atoms with Crippen LogP contribution >= 0.6 is 0 Å². The molecule has 2 aliphatic rings. The van der Waals surface area contributed by atoms with Gasteiger partial charge in [0, 0.05) is 26.2 Å². The summed E-state index contributed by atoms with van der Waals surface area (Å²) >= 11 is 0. The lowest BCUT2D eigenvalue weighted by atomic mass is 9.98. The number of methoxy groups -OCH3 is 1. The Morgan fingerprint density at radius 1 is 1.03 bits per heavy atom. The van der Waals surface area contributed by atoms with Crippen LogP contribution in [-0.2, 0) is 23.4 Å². The molecule has 0 bridgehead atoms. The van der Waals surface area contributed by atoms with Crippen molar-refractivity contribution in [2.24, 2.45) is 0 Å². The topological polar surface area (TPSA) is 54.0 Å². The van der Waals surface area contributed by atoms with E-state index in [1.807, 2.05) is 12.1 Å². The maximum absolute atomic E-state index is 11.8. The van der Waals surface area contributed by atoms with Crippen molar-refractivity contribution in [3.63, 3.8) is 0 Å².